The van der Waals surface area contributed by atoms with Gasteiger partial charge in [-0.05, 0) is 37.5 Å². The van der Waals surface area contributed by atoms with Crippen LogP contribution < -0.4 is 16.6 Å². The van der Waals surface area contributed by atoms with Gasteiger partial charge in [-0.2, -0.15) is 0 Å². The van der Waals surface area contributed by atoms with Crippen molar-refractivity contribution in [3.05, 3.63) is 29.8 Å². The van der Waals surface area contributed by atoms with E-state index in [4.69, 9.17) is 5.84 Å². The molecule has 0 heterocycles. The number of aryl methyl sites for hydroxylation is 1. The number of hydrogen-bond acceptors (Lipinski definition) is 2. The summed E-state index contributed by atoms with van der Waals surface area (Å²) < 4.78 is 0. The zero-order chi connectivity index (χ0) is 12.1. The minimum atomic E-state index is 0.415. The highest BCUT2D eigenvalue weighted by Gasteiger charge is 2.14. The highest BCUT2D eigenvalue weighted by atomic mass is 15.3. The summed E-state index contributed by atoms with van der Waals surface area (Å²) in [5.41, 5.74) is 4.86. The van der Waals surface area contributed by atoms with E-state index in [9.17, 15) is 0 Å². The fraction of sp³-hybridized carbons (Fsp3) is 0.462. The van der Waals surface area contributed by atoms with Crippen LogP contribution in [-0.2, 0) is 0 Å². The van der Waals surface area contributed by atoms with Gasteiger partial charge in [0.25, 0.3) is 0 Å². The largest absolute Gasteiger partial charge is 0.325 e. The van der Waals surface area contributed by atoms with Gasteiger partial charge in [0.1, 0.15) is 0 Å². The Bertz CT molecular complexity index is 394. The third-order valence-corrected chi connectivity index (χ3v) is 3.05. The first-order valence-corrected chi connectivity index (χ1v) is 6.16. The summed E-state index contributed by atoms with van der Waals surface area (Å²) in [5.74, 6) is 6.15. The number of nitrogens with two attached hydrogens (primary N) is 1. The summed E-state index contributed by atoms with van der Waals surface area (Å²) in [5, 5.41) is 3.21. The highest BCUT2D eigenvalue weighted by Crippen LogP contribution is 2.21. The summed E-state index contributed by atoms with van der Waals surface area (Å²) in [6, 6.07) is 8.57. The number of rotatable bonds is 2. The average molecular weight is 232 g/mol. The van der Waals surface area contributed by atoms with Gasteiger partial charge in [-0.3, -0.25) is 5.43 Å². The molecule has 0 atom stereocenters. The molecule has 0 unspecified atom stereocenters. The van der Waals surface area contributed by atoms with Gasteiger partial charge in [0.05, 0.1) is 6.04 Å². The van der Waals surface area contributed by atoms with E-state index in [-0.39, 0.29) is 0 Å². The van der Waals surface area contributed by atoms with Crippen LogP contribution in [0.3, 0.4) is 0 Å². The average Bonchev–Trinajstić information content (AvgIpc) is 2.81. The van der Waals surface area contributed by atoms with Gasteiger partial charge in [-0.15, -0.1) is 0 Å². The lowest BCUT2D eigenvalue weighted by Crippen LogP contribution is -2.37. The molecule has 1 aromatic rings. The molecule has 0 bridgehead atoms. The Hall–Kier alpha value is -1.55. The third kappa shape index (κ3) is 3.46. The predicted molar refractivity (Wildman–Crippen MR) is 71.8 cm³/mol. The lowest BCUT2D eigenvalue weighted by atomic mass is 10.2. The number of benzene rings is 1. The van der Waals surface area contributed by atoms with E-state index in [1.165, 1.54) is 31.2 Å². The van der Waals surface area contributed by atoms with E-state index in [1.54, 1.807) is 0 Å². The first-order chi connectivity index (χ1) is 8.28. The fourth-order valence-electron chi connectivity index (χ4n) is 2.18. The smallest absolute Gasteiger partial charge is 0.210 e. The second-order valence-electron chi connectivity index (χ2n) is 4.55. The number of aliphatic imine (C=N–C) groups is 1. The first kappa shape index (κ1) is 11.9. The number of hydrogen-bond donors (Lipinski definition) is 3. The second kappa shape index (κ2) is 5.68. The van der Waals surface area contributed by atoms with Gasteiger partial charge in [0.2, 0.25) is 5.96 Å². The van der Waals surface area contributed by atoms with E-state index in [1.807, 2.05) is 12.1 Å². The van der Waals surface area contributed by atoms with Crippen molar-refractivity contribution in [1.82, 2.24) is 5.43 Å². The predicted octanol–water partition coefficient (Wildman–Crippen LogP) is 2.17. The Morgan fingerprint density at radius 2 is 2.12 bits per heavy atom. The summed E-state index contributed by atoms with van der Waals surface area (Å²) in [6.45, 7) is 2.06. The van der Waals surface area contributed by atoms with E-state index in [0.717, 1.165) is 5.69 Å². The van der Waals surface area contributed by atoms with Gasteiger partial charge in [0, 0.05) is 5.69 Å². The van der Waals surface area contributed by atoms with Crippen molar-refractivity contribution in [2.45, 2.75) is 38.6 Å². The Balaban J connectivity index is 2.03. The molecule has 1 aliphatic rings. The van der Waals surface area contributed by atoms with Crippen LogP contribution in [0.25, 0.3) is 0 Å². The molecule has 0 saturated heterocycles. The topological polar surface area (TPSA) is 62.4 Å². The molecule has 0 radical (unpaired) electrons. The maximum Gasteiger partial charge on any atom is 0.210 e. The lowest BCUT2D eigenvalue weighted by molar-refractivity contribution is 0.700. The molecule has 0 aromatic heterocycles. The minimum Gasteiger partial charge on any atom is -0.325 e. The van der Waals surface area contributed by atoms with E-state index in [0.29, 0.717) is 12.0 Å². The maximum absolute atomic E-state index is 5.49. The molecular formula is C13H20N4. The highest BCUT2D eigenvalue weighted by molar-refractivity contribution is 5.93. The maximum atomic E-state index is 5.49. The molecule has 0 amide bonds. The van der Waals surface area contributed by atoms with Crippen LogP contribution in [0.4, 0.5) is 5.69 Å². The molecule has 2 rings (SSSR count). The van der Waals surface area contributed by atoms with Crippen LogP contribution in [-0.4, -0.2) is 12.0 Å². The first-order valence-electron chi connectivity index (χ1n) is 6.16. The monoisotopic (exact) mass is 232 g/mol. The van der Waals surface area contributed by atoms with Crippen molar-refractivity contribution < 1.29 is 0 Å². The zero-order valence-corrected chi connectivity index (χ0v) is 10.2. The number of guanidine groups is 1. The van der Waals surface area contributed by atoms with Crippen LogP contribution in [0, 0.1) is 6.92 Å². The Morgan fingerprint density at radius 3 is 2.76 bits per heavy atom. The molecule has 1 saturated carbocycles. The molecule has 4 N–H and O–H groups in total. The number of hydrazine groups is 1. The molecular weight excluding hydrogens is 212 g/mol. The molecule has 0 aliphatic heterocycles. The molecule has 17 heavy (non-hydrogen) atoms. The van der Waals surface area contributed by atoms with Crippen LogP contribution in [0.2, 0.25) is 0 Å². The Labute approximate surface area is 102 Å². The van der Waals surface area contributed by atoms with Gasteiger partial charge in [0.15, 0.2) is 0 Å². The summed E-state index contributed by atoms with van der Waals surface area (Å²) >= 11 is 0. The van der Waals surface area contributed by atoms with Crippen LogP contribution in [0.1, 0.15) is 31.2 Å². The van der Waals surface area contributed by atoms with E-state index < -0.39 is 0 Å². The summed E-state index contributed by atoms with van der Waals surface area (Å²) in [6.07, 6.45) is 4.88. The van der Waals surface area contributed by atoms with Crippen molar-refractivity contribution in [2.75, 3.05) is 5.32 Å². The minimum absolute atomic E-state index is 0.415. The van der Waals surface area contributed by atoms with Crippen LogP contribution in [0.15, 0.2) is 29.3 Å². The number of nitrogens with one attached hydrogen (secondary N) is 2. The molecule has 1 aliphatic carbocycles. The van der Waals surface area contributed by atoms with Crippen molar-refractivity contribution in [3.63, 3.8) is 0 Å². The van der Waals surface area contributed by atoms with Gasteiger partial charge < -0.3 is 5.32 Å². The van der Waals surface area contributed by atoms with Crippen molar-refractivity contribution in [1.29, 1.82) is 0 Å². The number of anilines is 1. The van der Waals surface area contributed by atoms with Crippen molar-refractivity contribution in [3.8, 4) is 0 Å². The molecule has 1 aromatic carbocycles. The lowest BCUT2D eigenvalue weighted by Gasteiger charge is -2.12. The molecule has 92 valence electrons. The Kier molecular flexibility index (Phi) is 3.98. The standard InChI is InChI=1S/C13H20N4/c1-10-5-4-8-12(9-10)16-13(17-14)15-11-6-2-3-7-11/h4-5,8-9,11H,2-3,6-7,14H2,1H3,(H2,15,16,17). The Morgan fingerprint density at radius 1 is 1.35 bits per heavy atom. The molecule has 4 nitrogen and oxygen atoms in total. The third-order valence-electron chi connectivity index (χ3n) is 3.05. The SMILES string of the molecule is Cc1cccc(NC(=NC2CCCC2)NN)c1. The molecule has 0 spiro atoms. The van der Waals surface area contributed by atoms with E-state index >= 15 is 0 Å². The summed E-state index contributed by atoms with van der Waals surface area (Å²) in [4.78, 5) is 4.59. The zero-order valence-electron chi connectivity index (χ0n) is 10.2. The second-order valence-corrected chi connectivity index (χ2v) is 4.55. The van der Waals surface area contributed by atoms with Crippen molar-refractivity contribution in [2.24, 2.45) is 10.8 Å². The quantitative estimate of drug-likeness (QED) is 0.317. The van der Waals surface area contributed by atoms with Gasteiger partial charge in [-0.25, -0.2) is 10.8 Å². The van der Waals surface area contributed by atoms with Crippen LogP contribution in [0.5, 0.6) is 0 Å². The molecule has 1 fully saturated rings. The molecule has 4 heteroatoms. The van der Waals surface area contributed by atoms with E-state index in [2.05, 4.69) is 34.8 Å². The summed E-state index contributed by atoms with van der Waals surface area (Å²) in [7, 11) is 0. The number of nitrogens with zero attached hydrogens (tertiary/aromatic N) is 1. The van der Waals surface area contributed by atoms with Gasteiger partial charge in [-0.1, -0.05) is 25.0 Å². The van der Waals surface area contributed by atoms with Gasteiger partial charge >= 0.3 is 0 Å². The normalized spacial score (nSPS) is 17.2. The fourth-order valence-corrected chi connectivity index (χ4v) is 2.18. The van der Waals surface area contributed by atoms with Crippen LogP contribution >= 0.6 is 0 Å². The van der Waals surface area contributed by atoms with Crippen molar-refractivity contribution >= 4 is 11.6 Å².